The highest BCUT2D eigenvalue weighted by atomic mass is 16.5. The van der Waals surface area contributed by atoms with Gasteiger partial charge in [-0.2, -0.15) is 15.0 Å². The number of nitrogens with zero attached hydrogens (tertiary/aromatic N) is 3. The van der Waals surface area contributed by atoms with Crippen LogP contribution < -0.4 is 19.9 Å². The van der Waals surface area contributed by atoms with E-state index in [1.807, 2.05) is 60.7 Å². The second-order valence-corrected chi connectivity index (χ2v) is 7.88. The number of hydrogen-bond acceptors (Lipinski definition) is 7. The molecule has 1 aliphatic rings. The number of para-hydroxylation sites is 1. The van der Waals surface area contributed by atoms with Crippen LogP contribution in [0.15, 0.2) is 84.3 Å². The molecule has 1 atom stereocenters. The van der Waals surface area contributed by atoms with E-state index in [0.29, 0.717) is 22.7 Å². The second kappa shape index (κ2) is 8.80. The number of nitrogens with two attached hydrogens (primary N) is 1. The standard InChI is InChI=1S/C27H22N4O4/c1-33-20-13-17(14-21(34-2)25(20)32)22-19(15-28)26(29)35-27-23(22)24(16-9-5-3-6-10-16)30-31(27)18-11-7-4-8-12-18/h3-14,22,32H,29H2,1-2H3/t22-/m1/s1. The van der Waals surface area contributed by atoms with E-state index in [2.05, 4.69) is 6.07 Å². The first-order valence-corrected chi connectivity index (χ1v) is 10.8. The van der Waals surface area contributed by atoms with E-state index >= 15 is 0 Å². The fourth-order valence-electron chi connectivity index (χ4n) is 4.31. The molecule has 4 aromatic rings. The van der Waals surface area contributed by atoms with Gasteiger partial charge in [-0.1, -0.05) is 48.5 Å². The summed E-state index contributed by atoms with van der Waals surface area (Å²) in [4.78, 5) is 0. The highest BCUT2D eigenvalue weighted by Crippen LogP contribution is 2.50. The van der Waals surface area contributed by atoms with Crippen LogP contribution in [0.5, 0.6) is 23.1 Å². The maximum Gasteiger partial charge on any atom is 0.229 e. The van der Waals surface area contributed by atoms with Crippen LogP contribution in [0.1, 0.15) is 17.0 Å². The lowest BCUT2D eigenvalue weighted by Crippen LogP contribution is -2.22. The van der Waals surface area contributed by atoms with Gasteiger partial charge in [0.15, 0.2) is 11.5 Å². The molecule has 8 nitrogen and oxygen atoms in total. The number of aromatic hydroxyl groups is 1. The van der Waals surface area contributed by atoms with Gasteiger partial charge in [-0.3, -0.25) is 0 Å². The average molecular weight is 466 g/mol. The lowest BCUT2D eigenvalue weighted by atomic mass is 9.82. The Kier molecular flexibility index (Phi) is 5.51. The van der Waals surface area contributed by atoms with Crippen molar-refractivity contribution in [2.75, 3.05) is 14.2 Å². The summed E-state index contributed by atoms with van der Waals surface area (Å²) in [5.41, 5.74) is 10.1. The van der Waals surface area contributed by atoms with E-state index < -0.39 is 5.92 Å². The van der Waals surface area contributed by atoms with Gasteiger partial charge < -0.3 is 25.1 Å². The summed E-state index contributed by atoms with van der Waals surface area (Å²) in [6.07, 6.45) is 0. The number of aromatic nitrogens is 2. The van der Waals surface area contributed by atoms with Gasteiger partial charge in [0.05, 0.1) is 31.4 Å². The van der Waals surface area contributed by atoms with Crippen molar-refractivity contribution in [3.63, 3.8) is 0 Å². The molecule has 0 radical (unpaired) electrons. The molecule has 5 rings (SSSR count). The minimum Gasteiger partial charge on any atom is -0.502 e. The molecule has 1 aromatic heterocycles. The Hall–Kier alpha value is -4.90. The van der Waals surface area contributed by atoms with E-state index in [9.17, 15) is 10.4 Å². The van der Waals surface area contributed by atoms with Crippen molar-refractivity contribution >= 4 is 0 Å². The highest BCUT2D eigenvalue weighted by molar-refractivity contribution is 5.73. The van der Waals surface area contributed by atoms with Crippen molar-refractivity contribution < 1.29 is 19.3 Å². The van der Waals surface area contributed by atoms with Crippen LogP contribution in [0.2, 0.25) is 0 Å². The SMILES string of the molecule is COc1cc([C@@H]2C(C#N)=C(N)Oc3c2c(-c2ccccc2)nn3-c2ccccc2)cc(OC)c1O. The predicted octanol–water partition coefficient (Wildman–Crippen LogP) is 4.48. The topological polar surface area (TPSA) is 116 Å². The number of rotatable bonds is 5. The Morgan fingerprint density at radius 2 is 1.60 bits per heavy atom. The zero-order valence-corrected chi connectivity index (χ0v) is 19.1. The lowest BCUT2D eigenvalue weighted by Gasteiger charge is -2.26. The number of fused-ring (bicyclic) bond motifs is 1. The van der Waals surface area contributed by atoms with E-state index in [1.165, 1.54) is 14.2 Å². The van der Waals surface area contributed by atoms with Gasteiger partial charge in [0.1, 0.15) is 17.3 Å². The highest BCUT2D eigenvalue weighted by Gasteiger charge is 2.38. The average Bonchev–Trinajstić information content (AvgIpc) is 3.28. The molecule has 0 unspecified atom stereocenters. The van der Waals surface area contributed by atoms with Crippen molar-refractivity contribution in [1.82, 2.24) is 9.78 Å². The first-order valence-electron chi connectivity index (χ1n) is 10.8. The molecular formula is C27H22N4O4. The molecule has 1 aliphatic heterocycles. The van der Waals surface area contributed by atoms with Crippen LogP contribution >= 0.6 is 0 Å². The number of hydrogen-bond donors (Lipinski definition) is 2. The van der Waals surface area contributed by atoms with E-state index in [0.717, 1.165) is 11.3 Å². The number of ether oxygens (including phenoxy) is 3. The van der Waals surface area contributed by atoms with Crippen LogP contribution in [-0.2, 0) is 0 Å². The third-order valence-corrected chi connectivity index (χ3v) is 5.93. The Bertz CT molecular complexity index is 1450. The normalized spacial score (nSPS) is 14.6. The number of phenolic OH excluding ortho intramolecular Hbond substituents is 1. The van der Waals surface area contributed by atoms with Gasteiger partial charge in [-0.05, 0) is 29.8 Å². The summed E-state index contributed by atoms with van der Waals surface area (Å²) < 4.78 is 18.5. The molecule has 0 fully saturated rings. The summed E-state index contributed by atoms with van der Waals surface area (Å²) in [5.74, 6) is 0.0137. The van der Waals surface area contributed by atoms with Gasteiger partial charge in [0, 0.05) is 5.56 Å². The summed E-state index contributed by atoms with van der Waals surface area (Å²) in [6.45, 7) is 0. The molecule has 8 heteroatoms. The first kappa shape index (κ1) is 21.9. The molecule has 35 heavy (non-hydrogen) atoms. The Balaban J connectivity index is 1.85. The van der Waals surface area contributed by atoms with Crippen LogP contribution in [-0.4, -0.2) is 29.1 Å². The van der Waals surface area contributed by atoms with Crippen LogP contribution in [0.4, 0.5) is 0 Å². The van der Waals surface area contributed by atoms with Gasteiger partial charge in [-0.15, -0.1) is 0 Å². The quantitative estimate of drug-likeness (QED) is 0.445. The van der Waals surface area contributed by atoms with Crippen molar-refractivity contribution in [2.45, 2.75) is 5.92 Å². The molecule has 0 saturated heterocycles. The number of allylic oxidation sites excluding steroid dienone is 1. The van der Waals surface area contributed by atoms with Gasteiger partial charge in [0.25, 0.3) is 0 Å². The molecule has 2 heterocycles. The molecule has 0 bridgehead atoms. The molecular weight excluding hydrogens is 444 g/mol. The van der Waals surface area contributed by atoms with Crippen molar-refractivity contribution in [3.05, 3.63) is 95.4 Å². The van der Waals surface area contributed by atoms with Crippen molar-refractivity contribution in [1.29, 1.82) is 5.26 Å². The van der Waals surface area contributed by atoms with E-state index in [4.69, 9.17) is 25.0 Å². The summed E-state index contributed by atoms with van der Waals surface area (Å²) in [5, 5.41) is 25.5. The van der Waals surface area contributed by atoms with Gasteiger partial charge in [0.2, 0.25) is 17.5 Å². The smallest absolute Gasteiger partial charge is 0.229 e. The Morgan fingerprint density at radius 3 is 2.17 bits per heavy atom. The number of nitriles is 1. The number of methoxy groups -OCH3 is 2. The number of benzene rings is 3. The Morgan fingerprint density at radius 1 is 1.00 bits per heavy atom. The van der Waals surface area contributed by atoms with E-state index in [1.54, 1.807) is 16.8 Å². The third kappa shape index (κ3) is 3.60. The molecule has 0 aliphatic carbocycles. The molecule has 3 aromatic carbocycles. The lowest BCUT2D eigenvalue weighted by molar-refractivity contribution is 0.338. The monoisotopic (exact) mass is 466 g/mol. The van der Waals surface area contributed by atoms with Crippen LogP contribution in [0.3, 0.4) is 0 Å². The van der Waals surface area contributed by atoms with Gasteiger partial charge in [-0.25, -0.2) is 0 Å². The third-order valence-electron chi connectivity index (χ3n) is 5.93. The zero-order valence-electron chi connectivity index (χ0n) is 19.1. The van der Waals surface area contributed by atoms with Crippen molar-refractivity contribution in [2.24, 2.45) is 5.73 Å². The predicted molar refractivity (Wildman–Crippen MR) is 130 cm³/mol. The maximum atomic E-state index is 10.5. The first-order chi connectivity index (χ1) is 17.1. The minimum absolute atomic E-state index is 0.0206. The second-order valence-electron chi connectivity index (χ2n) is 7.88. The fourth-order valence-corrected chi connectivity index (χ4v) is 4.31. The summed E-state index contributed by atoms with van der Waals surface area (Å²) in [6, 6.07) is 24.7. The summed E-state index contributed by atoms with van der Waals surface area (Å²) >= 11 is 0. The maximum absolute atomic E-state index is 10.5. The molecule has 0 spiro atoms. The minimum atomic E-state index is -0.653. The molecule has 174 valence electrons. The number of phenols is 1. The van der Waals surface area contributed by atoms with Crippen LogP contribution in [0, 0.1) is 11.3 Å². The molecule has 0 saturated carbocycles. The van der Waals surface area contributed by atoms with Gasteiger partial charge >= 0.3 is 0 Å². The summed E-state index contributed by atoms with van der Waals surface area (Å²) in [7, 11) is 2.90. The fraction of sp³-hybridized carbons (Fsp3) is 0.111. The van der Waals surface area contributed by atoms with Crippen LogP contribution in [0.25, 0.3) is 16.9 Å². The largest absolute Gasteiger partial charge is 0.502 e. The molecule has 3 N–H and O–H groups in total. The Labute approximate surface area is 202 Å². The zero-order chi connectivity index (χ0) is 24.5. The van der Waals surface area contributed by atoms with E-state index in [-0.39, 0.29) is 28.7 Å². The van der Waals surface area contributed by atoms with Crippen molar-refractivity contribution in [3.8, 4) is 46.1 Å². The molecule has 0 amide bonds.